The van der Waals surface area contributed by atoms with Crippen LogP contribution < -0.4 is 5.32 Å². The van der Waals surface area contributed by atoms with Crippen molar-refractivity contribution >= 4 is 5.69 Å². The Balaban J connectivity index is 1.88. The van der Waals surface area contributed by atoms with E-state index < -0.39 is 4.92 Å². The molecule has 0 spiro atoms. The molecule has 0 aliphatic heterocycles. The lowest BCUT2D eigenvalue weighted by molar-refractivity contribution is -0.384. The van der Waals surface area contributed by atoms with Crippen molar-refractivity contribution in [2.24, 2.45) is 0 Å². The quantitative estimate of drug-likeness (QED) is 0.652. The number of allylic oxidation sites excluding steroid dienone is 1. The minimum atomic E-state index is -0.394. The predicted molar refractivity (Wildman–Crippen MR) is 72.6 cm³/mol. The summed E-state index contributed by atoms with van der Waals surface area (Å²) in [5.41, 5.74) is 2.17. The number of nitrogens with zero attached hydrogens (tertiary/aromatic N) is 1. The molecule has 0 saturated heterocycles. The maximum atomic E-state index is 10.5. The van der Waals surface area contributed by atoms with Crippen LogP contribution in [0.25, 0.3) is 0 Å². The van der Waals surface area contributed by atoms with Gasteiger partial charge < -0.3 is 10.1 Å². The van der Waals surface area contributed by atoms with Gasteiger partial charge in [-0.3, -0.25) is 10.1 Å². The third kappa shape index (κ3) is 3.66. The first-order valence-electron chi connectivity index (χ1n) is 6.07. The van der Waals surface area contributed by atoms with Crippen molar-refractivity contribution < 1.29 is 9.66 Å². The highest BCUT2D eigenvalue weighted by Gasteiger charge is 2.07. The zero-order chi connectivity index (χ0) is 13.7. The van der Waals surface area contributed by atoms with Crippen molar-refractivity contribution in [1.29, 1.82) is 0 Å². The van der Waals surface area contributed by atoms with Gasteiger partial charge in [0.15, 0.2) is 0 Å². The van der Waals surface area contributed by atoms with E-state index in [1.54, 1.807) is 19.2 Å². The third-order valence-electron chi connectivity index (χ3n) is 3.01. The van der Waals surface area contributed by atoms with Crippen LogP contribution in [0.4, 0.5) is 5.69 Å². The van der Waals surface area contributed by atoms with E-state index in [-0.39, 0.29) is 11.8 Å². The van der Waals surface area contributed by atoms with Gasteiger partial charge in [-0.15, -0.1) is 0 Å². The molecule has 0 saturated carbocycles. The number of rotatable bonds is 5. The first-order chi connectivity index (χ1) is 9.19. The molecular weight excluding hydrogens is 244 g/mol. The summed E-state index contributed by atoms with van der Waals surface area (Å²) < 4.78 is 5.21. The average Bonchev–Trinajstić information content (AvgIpc) is 2.46. The molecule has 0 radical (unpaired) electrons. The summed E-state index contributed by atoms with van der Waals surface area (Å²) in [7, 11) is 1.69. The Bertz CT molecular complexity index is 506. The Labute approximate surface area is 111 Å². The number of nitro benzene ring substituents is 1. The molecular formula is C14H16N2O3. The van der Waals surface area contributed by atoms with Gasteiger partial charge in [0.25, 0.3) is 5.69 Å². The molecule has 1 aliphatic carbocycles. The Morgan fingerprint density at radius 2 is 2.16 bits per heavy atom. The van der Waals surface area contributed by atoms with E-state index in [2.05, 4.69) is 11.4 Å². The van der Waals surface area contributed by atoms with Gasteiger partial charge in [0.1, 0.15) is 0 Å². The molecule has 1 unspecified atom stereocenters. The molecule has 1 aromatic carbocycles. The average molecular weight is 260 g/mol. The smallest absolute Gasteiger partial charge is 0.269 e. The minimum Gasteiger partial charge on any atom is -0.381 e. The summed E-state index contributed by atoms with van der Waals surface area (Å²) >= 11 is 0. The fraction of sp³-hybridized carbons (Fsp3) is 0.286. The molecule has 5 heteroatoms. The molecule has 0 heterocycles. The number of nitrogens with one attached hydrogen (secondary N) is 1. The fourth-order valence-corrected chi connectivity index (χ4v) is 1.85. The van der Waals surface area contributed by atoms with Crippen molar-refractivity contribution in [3.63, 3.8) is 0 Å². The zero-order valence-electron chi connectivity index (χ0n) is 10.7. The molecule has 100 valence electrons. The van der Waals surface area contributed by atoms with Gasteiger partial charge >= 0.3 is 0 Å². The Morgan fingerprint density at radius 3 is 2.68 bits per heavy atom. The van der Waals surface area contributed by atoms with Gasteiger partial charge in [-0.05, 0) is 18.1 Å². The number of hydrogen-bond donors (Lipinski definition) is 1. The number of ether oxygens (including phenoxy) is 1. The SMILES string of the molecule is COC1C=CC(NCc2ccc([N+](=O)[O-])cc2)=CC1. The molecule has 0 amide bonds. The van der Waals surface area contributed by atoms with Gasteiger partial charge in [-0.2, -0.15) is 0 Å². The molecule has 5 nitrogen and oxygen atoms in total. The second kappa shape index (κ2) is 6.15. The lowest BCUT2D eigenvalue weighted by atomic mass is 10.1. The van der Waals surface area contributed by atoms with E-state index in [0.29, 0.717) is 6.54 Å². The number of methoxy groups -OCH3 is 1. The van der Waals surface area contributed by atoms with Crippen LogP contribution in [0.2, 0.25) is 0 Å². The highest BCUT2D eigenvalue weighted by molar-refractivity contribution is 5.33. The van der Waals surface area contributed by atoms with E-state index in [4.69, 9.17) is 4.74 Å². The Morgan fingerprint density at radius 1 is 1.42 bits per heavy atom. The van der Waals surface area contributed by atoms with Crippen LogP contribution in [0, 0.1) is 10.1 Å². The second-order valence-corrected chi connectivity index (χ2v) is 4.31. The van der Waals surface area contributed by atoms with Crippen molar-refractivity contribution in [3.05, 3.63) is 63.9 Å². The summed E-state index contributed by atoms with van der Waals surface area (Å²) in [6.45, 7) is 0.645. The monoisotopic (exact) mass is 260 g/mol. The largest absolute Gasteiger partial charge is 0.381 e. The van der Waals surface area contributed by atoms with Gasteiger partial charge in [0.05, 0.1) is 11.0 Å². The van der Waals surface area contributed by atoms with Crippen LogP contribution in [0.1, 0.15) is 12.0 Å². The van der Waals surface area contributed by atoms with Gasteiger partial charge in [-0.25, -0.2) is 0 Å². The topological polar surface area (TPSA) is 64.4 Å². The summed E-state index contributed by atoms with van der Waals surface area (Å²) in [5, 5.41) is 13.8. The van der Waals surface area contributed by atoms with E-state index in [9.17, 15) is 10.1 Å². The van der Waals surface area contributed by atoms with E-state index in [1.807, 2.05) is 12.2 Å². The standard InChI is InChI=1S/C14H16N2O3/c1-19-14-8-4-12(5-9-14)15-10-11-2-6-13(7-3-11)16(17)18/h2-8,14-15H,9-10H2,1H3. The normalized spacial score (nSPS) is 17.9. The zero-order valence-corrected chi connectivity index (χ0v) is 10.7. The predicted octanol–water partition coefficient (Wildman–Crippen LogP) is 2.54. The van der Waals surface area contributed by atoms with E-state index >= 15 is 0 Å². The van der Waals surface area contributed by atoms with Gasteiger partial charge in [0.2, 0.25) is 0 Å². The first kappa shape index (κ1) is 13.3. The number of nitro groups is 1. The molecule has 0 fully saturated rings. The Hall–Kier alpha value is -2.14. The van der Waals surface area contributed by atoms with Crippen LogP contribution in [-0.4, -0.2) is 18.1 Å². The van der Waals surface area contributed by atoms with Crippen LogP contribution in [-0.2, 0) is 11.3 Å². The summed E-state index contributed by atoms with van der Waals surface area (Å²) in [6.07, 6.45) is 7.10. The molecule has 2 rings (SSSR count). The highest BCUT2D eigenvalue weighted by Crippen LogP contribution is 2.14. The fourth-order valence-electron chi connectivity index (χ4n) is 1.85. The maximum Gasteiger partial charge on any atom is 0.269 e. The number of hydrogen-bond acceptors (Lipinski definition) is 4. The van der Waals surface area contributed by atoms with Crippen molar-refractivity contribution in [1.82, 2.24) is 5.32 Å². The van der Waals surface area contributed by atoms with Crippen LogP contribution >= 0.6 is 0 Å². The summed E-state index contributed by atoms with van der Waals surface area (Å²) in [6, 6.07) is 6.55. The molecule has 1 aliphatic rings. The van der Waals surface area contributed by atoms with Crippen LogP contribution in [0.3, 0.4) is 0 Å². The summed E-state index contributed by atoms with van der Waals surface area (Å²) in [4.78, 5) is 10.1. The minimum absolute atomic E-state index is 0.114. The molecule has 19 heavy (non-hydrogen) atoms. The molecule has 1 aromatic rings. The van der Waals surface area contributed by atoms with Crippen LogP contribution in [0.5, 0.6) is 0 Å². The van der Waals surface area contributed by atoms with E-state index in [0.717, 1.165) is 17.7 Å². The van der Waals surface area contributed by atoms with Gasteiger partial charge in [-0.1, -0.05) is 24.3 Å². The number of non-ortho nitro benzene ring substituents is 1. The lowest BCUT2D eigenvalue weighted by Gasteiger charge is -2.15. The highest BCUT2D eigenvalue weighted by atomic mass is 16.6. The maximum absolute atomic E-state index is 10.5. The molecule has 1 atom stereocenters. The van der Waals surface area contributed by atoms with Crippen LogP contribution in [0.15, 0.2) is 48.2 Å². The van der Waals surface area contributed by atoms with Crippen molar-refractivity contribution in [3.8, 4) is 0 Å². The number of benzene rings is 1. The first-order valence-corrected chi connectivity index (χ1v) is 6.07. The van der Waals surface area contributed by atoms with Crippen molar-refractivity contribution in [2.75, 3.05) is 7.11 Å². The third-order valence-corrected chi connectivity index (χ3v) is 3.01. The molecule has 0 bridgehead atoms. The van der Waals surface area contributed by atoms with Gasteiger partial charge in [0, 0.05) is 31.5 Å². The molecule has 1 N–H and O–H groups in total. The van der Waals surface area contributed by atoms with E-state index in [1.165, 1.54) is 12.1 Å². The lowest BCUT2D eigenvalue weighted by Crippen LogP contribution is -2.16. The Kier molecular flexibility index (Phi) is 4.30. The summed E-state index contributed by atoms with van der Waals surface area (Å²) in [5.74, 6) is 0. The van der Waals surface area contributed by atoms with Crippen molar-refractivity contribution in [2.45, 2.75) is 19.1 Å². The second-order valence-electron chi connectivity index (χ2n) is 4.31. The molecule has 0 aromatic heterocycles.